The first-order chi connectivity index (χ1) is 8.58. The lowest BCUT2D eigenvalue weighted by atomic mass is 9.98. The Morgan fingerprint density at radius 1 is 1.32 bits per heavy atom. The molecule has 0 saturated heterocycles. The topological polar surface area (TPSA) is 110 Å². The van der Waals surface area contributed by atoms with Gasteiger partial charge in [0.1, 0.15) is 5.75 Å². The normalized spacial score (nSPS) is 12.2. The number of nitrogens with one attached hydrogen (secondary N) is 1. The fourth-order valence-electron chi connectivity index (χ4n) is 1.38. The van der Waals surface area contributed by atoms with Crippen LogP contribution in [0, 0.1) is 0 Å². The van der Waals surface area contributed by atoms with E-state index in [2.05, 4.69) is 10.1 Å². The first kappa shape index (κ1) is 17.8. The number of aliphatic carboxylic acids is 1. The number of carboxylic acids is 1. The maximum atomic E-state index is 11.6. The highest BCUT2D eigenvalue weighted by Crippen LogP contribution is 2.11. The highest BCUT2D eigenvalue weighted by Gasteiger charge is 2.24. The van der Waals surface area contributed by atoms with Gasteiger partial charge in [0.05, 0.1) is 12.4 Å². The zero-order chi connectivity index (χ0) is 15.1. The molecule has 1 amide bonds. The summed E-state index contributed by atoms with van der Waals surface area (Å²) in [6.07, 6.45) is 0.135. The molecule has 0 spiro atoms. The third kappa shape index (κ3) is 9.43. The second-order valence-corrected chi connectivity index (χ2v) is 7.09. The van der Waals surface area contributed by atoms with Gasteiger partial charge in [-0.2, -0.15) is 0 Å². The van der Waals surface area contributed by atoms with E-state index in [1.807, 2.05) is 0 Å². The van der Waals surface area contributed by atoms with Crippen LogP contribution in [0.1, 0.15) is 26.7 Å². The summed E-state index contributed by atoms with van der Waals surface area (Å²) >= 11 is 0. The number of ether oxygens (including phenoxy) is 1. The molecule has 0 radical (unpaired) electrons. The minimum Gasteiger partial charge on any atom is -0.481 e. The monoisotopic (exact) mass is 295 g/mol. The largest absolute Gasteiger partial charge is 0.481 e. The molecule has 0 heterocycles. The lowest BCUT2D eigenvalue weighted by molar-refractivity contribution is -0.137. The maximum absolute atomic E-state index is 11.6. The molecule has 0 saturated carbocycles. The van der Waals surface area contributed by atoms with E-state index in [0.29, 0.717) is 0 Å². The Kier molecular flexibility index (Phi) is 6.99. The van der Waals surface area contributed by atoms with Crippen LogP contribution < -0.4 is 5.32 Å². The molecule has 0 bridgehead atoms. The number of methoxy groups -OCH3 is 1. The van der Waals surface area contributed by atoms with Gasteiger partial charge < -0.3 is 15.2 Å². The number of carbonyl (C=O) groups excluding carboxylic acids is 1. The van der Waals surface area contributed by atoms with Crippen molar-refractivity contribution in [3.05, 3.63) is 0 Å². The average molecular weight is 295 g/mol. The Morgan fingerprint density at radius 2 is 1.89 bits per heavy atom. The number of carboxylic acid groups (broad SMARTS) is 1. The zero-order valence-corrected chi connectivity index (χ0v) is 12.2. The molecule has 0 aliphatic carbocycles. The van der Waals surface area contributed by atoms with E-state index in [9.17, 15) is 18.0 Å². The molecule has 0 aliphatic heterocycles. The molecule has 7 nitrogen and oxygen atoms in total. The molecule has 2 N–H and O–H groups in total. The molecule has 112 valence electrons. The summed E-state index contributed by atoms with van der Waals surface area (Å²) in [5, 5.41) is 11.1. The lowest BCUT2D eigenvalue weighted by Gasteiger charge is -2.25. The van der Waals surface area contributed by atoms with Crippen molar-refractivity contribution in [1.29, 1.82) is 0 Å². The third-order valence-electron chi connectivity index (χ3n) is 2.39. The molecule has 0 unspecified atom stereocenters. The van der Waals surface area contributed by atoms with E-state index in [1.54, 1.807) is 13.8 Å². The van der Waals surface area contributed by atoms with Crippen LogP contribution in [0.3, 0.4) is 0 Å². The molecule has 19 heavy (non-hydrogen) atoms. The van der Waals surface area contributed by atoms with E-state index >= 15 is 0 Å². The maximum Gasteiger partial charge on any atom is 0.303 e. The average Bonchev–Trinajstić information content (AvgIpc) is 2.22. The van der Waals surface area contributed by atoms with Gasteiger partial charge in [-0.05, 0) is 20.3 Å². The van der Waals surface area contributed by atoms with E-state index in [1.165, 1.54) is 7.11 Å². The zero-order valence-electron chi connectivity index (χ0n) is 11.4. The smallest absolute Gasteiger partial charge is 0.303 e. The van der Waals surface area contributed by atoms with E-state index in [-0.39, 0.29) is 25.2 Å². The van der Waals surface area contributed by atoms with Gasteiger partial charge in [0, 0.05) is 19.1 Å². The number of rotatable bonds is 9. The molecule has 0 rings (SSSR count). The minimum atomic E-state index is -3.50. The lowest BCUT2D eigenvalue weighted by Crippen LogP contribution is -2.46. The fourth-order valence-corrected chi connectivity index (χ4v) is 2.41. The Hall–Kier alpha value is -1.15. The van der Waals surface area contributed by atoms with E-state index in [0.717, 1.165) is 0 Å². The molecule has 0 atom stereocenters. The number of hydrogen-bond donors (Lipinski definition) is 2. The number of carbonyl (C=O) groups is 2. The van der Waals surface area contributed by atoms with E-state index in [4.69, 9.17) is 5.11 Å². The Morgan fingerprint density at radius 3 is 2.37 bits per heavy atom. The van der Waals surface area contributed by atoms with Crippen molar-refractivity contribution in [2.24, 2.45) is 0 Å². The van der Waals surface area contributed by atoms with Crippen LogP contribution in [-0.2, 0) is 24.2 Å². The highest BCUT2D eigenvalue weighted by molar-refractivity contribution is 7.92. The van der Waals surface area contributed by atoms with Crippen molar-refractivity contribution in [3.63, 3.8) is 0 Å². The van der Waals surface area contributed by atoms with Crippen LogP contribution in [0.25, 0.3) is 0 Å². The number of amides is 1. The second kappa shape index (κ2) is 7.44. The molecule has 0 aromatic carbocycles. The first-order valence-electron chi connectivity index (χ1n) is 5.80. The summed E-state index contributed by atoms with van der Waals surface area (Å²) < 4.78 is 27.7. The Bertz CT molecular complexity index is 415. The summed E-state index contributed by atoms with van der Waals surface area (Å²) in [5.41, 5.74) is -0.758. The van der Waals surface area contributed by atoms with Crippen molar-refractivity contribution < 1.29 is 27.9 Å². The number of sulfone groups is 1. The first-order valence-corrected chi connectivity index (χ1v) is 7.62. The van der Waals surface area contributed by atoms with Gasteiger partial charge in [0.25, 0.3) is 0 Å². The van der Waals surface area contributed by atoms with Crippen LogP contribution in [0.15, 0.2) is 0 Å². The van der Waals surface area contributed by atoms with Crippen molar-refractivity contribution >= 4 is 21.7 Å². The number of hydrogen-bond acceptors (Lipinski definition) is 5. The summed E-state index contributed by atoms with van der Waals surface area (Å²) in [6, 6.07) is 0. The van der Waals surface area contributed by atoms with E-state index < -0.39 is 33.0 Å². The summed E-state index contributed by atoms with van der Waals surface area (Å²) in [4.78, 5) is 22.1. The Labute approximate surface area is 113 Å². The molecule has 0 fully saturated rings. The van der Waals surface area contributed by atoms with Gasteiger partial charge in [-0.25, -0.2) is 8.42 Å². The second-order valence-electron chi connectivity index (χ2n) is 4.91. The van der Waals surface area contributed by atoms with Gasteiger partial charge in [0.2, 0.25) is 5.91 Å². The quantitative estimate of drug-likeness (QED) is 0.610. The van der Waals surface area contributed by atoms with Crippen LogP contribution in [0.5, 0.6) is 0 Å². The van der Waals surface area contributed by atoms with Crippen LogP contribution in [0.2, 0.25) is 0 Å². The third-order valence-corrected chi connectivity index (χ3v) is 3.88. The molecular formula is C11H21NO6S. The highest BCUT2D eigenvalue weighted by atomic mass is 32.2. The van der Waals surface area contributed by atoms with Gasteiger partial charge in [-0.15, -0.1) is 0 Å². The van der Waals surface area contributed by atoms with Crippen molar-refractivity contribution in [2.75, 3.05) is 25.2 Å². The van der Waals surface area contributed by atoms with Crippen molar-refractivity contribution in [1.82, 2.24) is 5.32 Å². The summed E-state index contributed by atoms with van der Waals surface area (Å²) in [7, 11) is -2.12. The predicted octanol–water partition coefficient (Wildman–Crippen LogP) is -0.193. The van der Waals surface area contributed by atoms with Crippen molar-refractivity contribution in [3.8, 4) is 0 Å². The molecule has 0 aromatic heterocycles. The van der Waals surface area contributed by atoms with Gasteiger partial charge >= 0.3 is 5.97 Å². The Balaban J connectivity index is 4.33. The molecular weight excluding hydrogens is 274 g/mol. The van der Waals surface area contributed by atoms with Crippen LogP contribution in [0.4, 0.5) is 0 Å². The summed E-state index contributed by atoms with van der Waals surface area (Å²) in [6.45, 7) is 3.34. The van der Waals surface area contributed by atoms with Crippen LogP contribution >= 0.6 is 0 Å². The van der Waals surface area contributed by atoms with Gasteiger partial charge in [-0.1, -0.05) is 0 Å². The van der Waals surface area contributed by atoms with Crippen LogP contribution in [-0.4, -0.2) is 56.2 Å². The van der Waals surface area contributed by atoms with Gasteiger partial charge in [0.15, 0.2) is 9.84 Å². The fraction of sp³-hybridized carbons (Fsp3) is 0.818. The molecule has 0 aliphatic rings. The summed E-state index contributed by atoms with van der Waals surface area (Å²) in [5.74, 6) is -2.43. The molecule has 8 heteroatoms. The van der Waals surface area contributed by atoms with Crippen molar-refractivity contribution in [2.45, 2.75) is 32.2 Å². The standard InChI is InChI=1S/C11H21NO6S/c1-11(2,5-4-10(14)15)12-9(13)8-19(16,17)7-6-18-3/h4-8H2,1-3H3,(H,12,13)(H,14,15). The minimum absolute atomic E-state index is 0.0397. The van der Waals surface area contributed by atoms with Gasteiger partial charge in [-0.3, -0.25) is 9.59 Å². The molecule has 0 aromatic rings. The SMILES string of the molecule is COCCS(=O)(=O)CC(=O)NC(C)(C)CCC(=O)O. The predicted molar refractivity (Wildman–Crippen MR) is 69.6 cm³/mol.